The maximum absolute atomic E-state index is 12.7. The third kappa shape index (κ3) is 8.15. The Labute approximate surface area is 147 Å². The minimum atomic E-state index is -1.18. The number of carbonyl (C=O) groups excluding carboxylic acids is 4. The summed E-state index contributed by atoms with van der Waals surface area (Å²) >= 11 is 0.980. The zero-order valence-corrected chi connectivity index (χ0v) is 14.4. The summed E-state index contributed by atoms with van der Waals surface area (Å²) in [7, 11) is 1.09. The average Bonchev–Trinajstić information content (AvgIpc) is 2.56. The Morgan fingerprint density at radius 2 is 1.80 bits per heavy atom. The Morgan fingerprint density at radius 3 is 2.40 bits per heavy atom. The van der Waals surface area contributed by atoms with Crippen molar-refractivity contribution in [3.63, 3.8) is 0 Å². The van der Waals surface area contributed by atoms with Crippen LogP contribution >= 0.6 is 11.8 Å². The van der Waals surface area contributed by atoms with Crippen molar-refractivity contribution in [2.75, 3.05) is 23.9 Å². The second kappa shape index (κ2) is 10.3. The van der Waals surface area contributed by atoms with Gasteiger partial charge in [0.1, 0.15) is 5.82 Å². The van der Waals surface area contributed by atoms with E-state index in [1.807, 2.05) is 5.32 Å². The van der Waals surface area contributed by atoms with Crippen molar-refractivity contribution in [2.24, 2.45) is 0 Å². The van der Waals surface area contributed by atoms with Crippen LogP contribution in [-0.4, -0.2) is 48.6 Å². The van der Waals surface area contributed by atoms with E-state index in [1.54, 1.807) is 0 Å². The summed E-state index contributed by atoms with van der Waals surface area (Å²) in [4.78, 5) is 45.6. The van der Waals surface area contributed by atoms with E-state index in [4.69, 9.17) is 4.74 Å². The van der Waals surface area contributed by atoms with Gasteiger partial charge in [-0.2, -0.15) is 0 Å². The van der Waals surface area contributed by atoms with Crippen molar-refractivity contribution in [1.29, 1.82) is 0 Å². The number of ether oxygens (including phenoxy) is 2. The molecule has 25 heavy (non-hydrogen) atoms. The quantitative estimate of drug-likeness (QED) is 0.694. The summed E-state index contributed by atoms with van der Waals surface area (Å²) in [6, 6.07) is 5.24. The fourth-order valence-corrected chi connectivity index (χ4v) is 2.09. The smallest absolute Gasteiger partial charge is 0.413 e. The first-order valence-corrected chi connectivity index (χ1v) is 8.18. The number of rotatable bonds is 7. The Morgan fingerprint density at radius 1 is 1.16 bits per heavy atom. The van der Waals surface area contributed by atoms with Crippen LogP contribution in [0.5, 0.6) is 0 Å². The van der Waals surface area contributed by atoms with Crippen LogP contribution in [0.15, 0.2) is 24.3 Å². The van der Waals surface area contributed by atoms with Crippen LogP contribution in [0, 0.1) is 5.82 Å². The van der Waals surface area contributed by atoms with Crippen LogP contribution < -0.4 is 10.6 Å². The first-order chi connectivity index (χ1) is 11.8. The molecule has 3 amide bonds. The van der Waals surface area contributed by atoms with E-state index < -0.39 is 29.9 Å². The largest absolute Gasteiger partial charge is 0.453 e. The van der Waals surface area contributed by atoms with E-state index in [9.17, 15) is 23.6 Å². The van der Waals surface area contributed by atoms with Crippen molar-refractivity contribution in [1.82, 2.24) is 5.32 Å². The molecule has 1 rings (SSSR count). The fourth-order valence-electron chi connectivity index (χ4n) is 1.50. The number of hydrogen-bond acceptors (Lipinski definition) is 7. The summed E-state index contributed by atoms with van der Waals surface area (Å²) in [5.74, 6) is -2.52. The molecule has 0 heterocycles. The normalized spacial score (nSPS) is 11.2. The van der Waals surface area contributed by atoms with Gasteiger partial charge in [-0.25, -0.2) is 9.18 Å². The molecular weight excluding hydrogens is 355 g/mol. The van der Waals surface area contributed by atoms with Crippen LogP contribution in [0.3, 0.4) is 0 Å². The minimum absolute atomic E-state index is 0.0325. The molecule has 2 N–H and O–H groups in total. The van der Waals surface area contributed by atoms with E-state index in [0.717, 1.165) is 18.9 Å². The number of benzene rings is 1. The van der Waals surface area contributed by atoms with Crippen LogP contribution in [0.1, 0.15) is 6.92 Å². The number of alkyl carbamates (subject to hydrolysis) is 1. The second-order valence-corrected chi connectivity index (χ2v) is 5.65. The number of methoxy groups -OCH3 is 1. The topological polar surface area (TPSA) is 111 Å². The number of carbonyl (C=O) groups is 4. The lowest BCUT2D eigenvalue weighted by atomic mass is 10.3. The Bertz CT molecular complexity index is 637. The highest BCUT2D eigenvalue weighted by molar-refractivity contribution is 8.00. The van der Waals surface area contributed by atoms with Crippen molar-refractivity contribution in [2.45, 2.75) is 13.0 Å². The lowest BCUT2D eigenvalue weighted by molar-refractivity contribution is -0.152. The number of imide groups is 1. The molecule has 136 valence electrons. The highest BCUT2D eigenvalue weighted by Crippen LogP contribution is 2.10. The molecule has 0 bridgehead atoms. The third-order valence-corrected chi connectivity index (χ3v) is 3.58. The molecule has 0 unspecified atom stereocenters. The highest BCUT2D eigenvalue weighted by atomic mass is 32.2. The first kappa shape index (κ1) is 20.4. The molecule has 1 aromatic rings. The molecule has 1 aromatic carbocycles. The van der Waals surface area contributed by atoms with E-state index >= 15 is 0 Å². The highest BCUT2D eigenvalue weighted by Gasteiger charge is 2.20. The van der Waals surface area contributed by atoms with Crippen LogP contribution in [-0.2, 0) is 23.9 Å². The number of hydrogen-bond donors (Lipinski definition) is 2. The summed E-state index contributed by atoms with van der Waals surface area (Å²) < 4.78 is 21.8. The molecule has 0 aliphatic heterocycles. The summed E-state index contributed by atoms with van der Waals surface area (Å²) in [6.07, 6.45) is -2.14. The fraction of sp³-hybridized carbons (Fsp3) is 0.333. The molecule has 0 saturated heterocycles. The molecule has 0 fully saturated rings. The van der Waals surface area contributed by atoms with Crippen molar-refractivity contribution in [3.05, 3.63) is 30.1 Å². The van der Waals surface area contributed by atoms with Gasteiger partial charge in [0.15, 0.2) is 6.10 Å². The van der Waals surface area contributed by atoms with Crippen molar-refractivity contribution in [3.8, 4) is 0 Å². The lowest BCUT2D eigenvalue weighted by Crippen LogP contribution is -2.39. The van der Waals surface area contributed by atoms with E-state index in [-0.39, 0.29) is 17.4 Å². The molecule has 8 nitrogen and oxygen atoms in total. The molecule has 0 radical (unpaired) electrons. The van der Waals surface area contributed by atoms with Gasteiger partial charge in [-0.05, 0) is 31.2 Å². The van der Waals surface area contributed by atoms with Crippen LogP contribution in [0.4, 0.5) is 14.9 Å². The average molecular weight is 372 g/mol. The Kier molecular flexibility index (Phi) is 8.40. The first-order valence-electron chi connectivity index (χ1n) is 7.03. The number of thioether (sulfide) groups is 1. The maximum Gasteiger partial charge on any atom is 0.413 e. The van der Waals surface area contributed by atoms with Gasteiger partial charge in [-0.3, -0.25) is 19.7 Å². The van der Waals surface area contributed by atoms with Gasteiger partial charge in [-0.1, -0.05) is 0 Å². The standard InChI is InChI=1S/C15H17FN2O6S/c1-9(14(21)18-15(22)23-2)24-13(20)8-25-7-12(19)17-11-5-3-10(16)4-6-11/h3-6,9H,7-8H2,1-2H3,(H,17,19)(H,18,21,22)/t9-/m1/s1. The van der Waals surface area contributed by atoms with Crippen LogP contribution in [0.2, 0.25) is 0 Å². The molecule has 0 aliphatic rings. The SMILES string of the molecule is COC(=O)NC(=O)[C@@H](C)OC(=O)CSCC(=O)Nc1ccc(F)cc1. The molecule has 0 aliphatic carbocycles. The lowest BCUT2D eigenvalue weighted by Gasteiger charge is -2.12. The van der Waals surface area contributed by atoms with Gasteiger partial charge in [0.05, 0.1) is 18.6 Å². The predicted molar refractivity (Wildman–Crippen MR) is 88.5 cm³/mol. The summed E-state index contributed by atoms with van der Waals surface area (Å²) in [5.41, 5.74) is 0.433. The molecule has 0 saturated carbocycles. The Balaban J connectivity index is 2.27. The summed E-state index contributed by atoms with van der Waals surface area (Å²) in [5, 5.41) is 4.40. The predicted octanol–water partition coefficient (Wildman–Crippen LogP) is 1.31. The maximum atomic E-state index is 12.7. The molecule has 0 spiro atoms. The van der Waals surface area contributed by atoms with Gasteiger partial charge in [0.2, 0.25) is 5.91 Å². The Hall–Kier alpha value is -2.62. The molecular formula is C15H17FN2O6S. The summed E-state index contributed by atoms with van der Waals surface area (Å²) in [6.45, 7) is 1.29. The minimum Gasteiger partial charge on any atom is -0.453 e. The van der Waals surface area contributed by atoms with Gasteiger partial charge < -0.3 is 14.8 Å². The van der Waals surface area contributed by atoms with Gasteiger partial charge in [0, 0.05) is 5.69 Å². The van der Waals surface area contributed by atoms with E-state index in [2.05, 4.69) is 10.1 Å². The zero-order valence-electron chi connectivity index (χ0n) is 13.5. The number of nitrogens with one attached hydrogen (secondary N) is 2. The van der Waals surface area contributed by atoms with E-state index in [0.29, 0.717) is 5.69 Å². The van der Waals surface area contributed by atoms with Crippen molar-refractivity contribution < 1.29 is 33.0 Å². The van der Waals surface area contributed by atoms with E-state index in [1.165, 1.54) is 31.2 Å². The molecule has 1 atom stereocenters. The van der Waals surface area contributed by atoms with Gasteiger partial charge in [-0.15, -0.1) is 11.8 Å². The molecule has 10 heteroatoms. The number of esters is 1. The number of halogens is 1. The van der Waals surface area contributed by atoms with Gasteiger partial charge >= 0.3 is 12.1 Å². The van der Waals surface area contributed by atoms with Crippen LogP contribution in [0.25, 0.3) is 0 Å². The van der Waals surface area contributed by atoms with Gasteiger partial charge in [0.25, 0.3) is 5.91 Å². The molecule has 0 aromatic heterocycles. The van der Waals surface area contributed by atoms with Crippen molar-refractivity contribution >= 4 is 41.3 Å². The third-order valence-electron chi connectivity index (χ3n) is 2.67. The number of amides is 3. The zero-order chi connectivity index (χ0) is 18.8. The monoisotopic (exact) mass is 372 g/mol. The second-order valence-electron chi connectivity index (χ2n) is 4.66. The number of anilines is 1.